The molecule has 0 aromatic rings. The van der Waals surface area contributed by atoms with Gasteiger partial charge < -0.3 is 0 Å². The van der Waals surface area contributed by atoms with Crippen LogP contribution < -0.4 is 0 Å². The molecule has 0 aliphatic carbocycles. The van der Waals surface area contributed by atoms with Gasteiger partial charge in [0.15, 0.2) is 0 Å². The molecule has 6 heteroatoms. The van der Waals surface area contributed by atoms with Gasteiger partial charge in [-0.2, -0.15) is 0 Å². The van der Waals surface area contributed by atoms with Crippen molar-refractivity contribution in [1.29, 1.82) is 0 Å². The van der Waals surface area contributed by atoms with Gasteiger partial charge in [0.25, 0.3) is 0 Å². The Kier molecular flexibility index (Phi) is 264. The number of hydrogen-bond acceptors (Lipinski definition) is 0. The molecule has 0 aliphatic heterocycles. The molecule has 0 saturated heterocycles. The van der Waals surface area contributed by atoms with E-state index >= 15 is 0 Å². The van der Waals surface area contributed by atoms with Crippen LogP contribution in [0.4, 0.5) is 0 Å². The first kappa shape index (κ1) is 46.8. The van der Waals surface area contributed by atoms with Gasteiger partial charge in [0.1, 0.15) is 0 Å². The summed E-state index contributed by atoms with van der Waals surface area (Å²) in [7, 11) is 0. The van der Waals surface area contributed by atoms with Gasteiger partial charge in [0.05, 0.1) is 0 Å². The Morgan fingerprint density at radius 3 is 0.333 bits per heavy atom. The van der Waals surface area contributed by atoms with E-state index in [1.807, 2.05) is 0 Å². The molecule has 0 aliphatic rings. The van der Waals surface area contributed by atoms with Crippen molar-refractivity contribution in [3.05, 3.63) is 0 Å². The van der Waals surface area contributed by atoms with Gasteiger partial charge in [-0.25, -0.2) is 0 Å². The van der Waals surface area contributed by atoms with E-state index in [0.29, 0.717) is 0 Å². The molecule has 0 saturated carbocycles. The molecule has 59 valence electrons. The third-order valence-electron chi connectivity index (χ3n) is 0. The first-order valence-electron chi connectivity index (χ1n) is 0. The Labute approximate surface area is 133 Å². The standard InChI is InChI=1S/5Au.Sn. The van der Waals surface area contributed by atoms with E-state index in [4.69, 9.17) is 0 Å². The summed E-state index contributed by atoms with van der Waals surface area (Å²) in [4.78, 5) is 0. The van der Waals surface area contributed by atoms with E-state index in [-0.39, 0.29) is 136 Å². The largest absolute Gasteiger partial charge is 0 e. The van der Waals surface area contributed by atoms with Gasteiger partial charge in [0.2, 0.25) is 0 Å². The van der Waals surface area contributed by atoms with Crippen LogP contribution in [0.1, 0.15) is 0 Å². The Morgan fingerprint density at radius 1 is 0.333 bits per heavy atom. The molecule has 0 unspecified atom stereocenters. The zero-order valence-corrected chi connectivity index (χ0v) is 15.7. The topological polar surface area (TPSA) is 0 Å². The summed E-state index contributed by atoms with van der Waals surface area (Å²) in [6.07, 6.45) is 0. The van der Waals surface area contributed by atoms with Crippen LogP contribution in [0.15, 0.2) is 0 Å². The molecule has 0 rings (SSSR count). The molecule has 0 nitrogen and oxygen atoms in total. The molecule has 9 radical (unpaired) electrons. The molecular weight excluding hydrogens is 1100 g/mol. The fourth-order valence-electron chi connectivity index (χ4n) is 0. The van der Waals surface area contributed by atoms with Crippen LogP contribution in [0, 0.1) is 0 Å². The first-order valence-corrected chi connectivity index (χ1v) is 0. The van der Waals surface area contributed by atoms with Crippen molar-refractivity contribution in [2.24, 2.45) is 0 Å². The predicted octanol–water partition coefficient (Wildman–Crippen LogP) is -0.393. The minimum Gasteiger partial charge on any atom is 0 e. The molecule has 0 aromatic carbocycles. The maximum Gasteiger partial charge on any atom is 0 e. The van der Waals surface area contributed by atoms with Crippen LogP contribution in [-0.2, 0) is 112 Å². The van der Waals surface area contributed by atoms with Crippen molar-refractivity contribution in [2.75, 3.05) is 0 Å². The predicted molar refractivity (Wildman–Crippen MR) is 5.75 cm³/mol. The fourth-order valence-corrected chi connectivity index (χ4v) is 0. The molecule has 6 heavy (non-hydrogen) atoms. The maximum atomic E-state index is 0. The Morgan fingerprint density at radius 2 is 0.333 bits per heavy atom. The van der Waals surface area contributed by atoms with E-state index in [9.17, 15) is 0 Å². The van der Waals surface area contributed by atoms with Crippen molar-refractivity contribution in [1.82, 2.24) is 0 Å². The molecule has 0 spiro atoms. The SMILES string of the molecule is [Au].[Au].[Au].[Au].[Au].[Sn]. The molecule has 0 heterocycles. The summed E-state index contributed by atoms with van der Waals surface area (Å²) in [6, 6.07) is 0. The Bertz CT molecular complexity index is 3.90. The fraction of sp³-hybridized carbons (Fsp3) is 0. The summed E-state index contributed by atoms with van der Waals surface area (Å²) in [6.45, 7) is 0. The summed E-state index contributed by atoms with van der Waals surface area (Å²) < 4.78 is 0. The minimum absolute atomic E-state index is 0. The molecule has 0 N–H and O–H groups in total. The van der Waals surface area contributed by atoms with Crippen molar-refractivity contribution in [3.63, 3.8) is 0 Å². The summed E-state index contributed by atoms with van der Waals surface area (Å²) >= 11 is 0. The third kappa shape index (κ3) is 23.6. The molecular formula is Au5Sn. The van der Waals surface area contributed by atoms with Crippen molar-refractivity contribution in [2.45, 2.75) is 0 Å². The van der Waals surface area contributed by atoms with Gasteiger partial charge in [-0.05, 0) is 0 Å². The second-order valence-electron chi connectivity index (χ2n) is 0. The second-order valence-corrected chi connectivity index (χ2v) is 0. The maximum absolute atomic E-state index is 0. The van der Waals surface area contributed by atoms with Crippen LogP contribution >= 0.6 is 0 Å². The van der Waals surface area contributed by atoms with E-state index in [1.54, 1.807) is 0 Å². The van der Waals surface area contributed by atoms with Gasteiger partial charge in [-0.3, -0.25) is 0 Å². The normalized spacial score (nSPS) is 0. The van der Waals surface area contributed by atoms with Gasteiger partial charge in [-0.15, -0.1) is 0 Å². The number of hydrogen-bond donors (Lipinski definition) is 0. The molecule has 0 bridgehead atoms. The Hall–Kier alpha value is 4.50. The zero-order chi connectivity index (χ0) is 0. The molecule has 0 atom stereocenters. The van der Waals surface area contributed by atoms with Gasteiger partial charge in [-0.1, -0.05) is 0 Å². The molecule has 0 aromatic heterocycles. The Balaban J connectivity index is 0. The van der Waals surface area contributed by atoms with Crippen LogP contribution in [0.5, 0.6) is 0 Å². The smallest absolute Gasteiger partial charge is 0 e. The van der Waals surface area contributed by atoms with Crippen molar-refractivity contribution in [3.8, 4) is 0 Å². The van der Waals surface area contributed by atoms with Gasteiger partial charge in [0, 0.05) is 136 Å². The molecule has 0 fully saturated rings. The van der Waals surface area contributed by atoms with Crippen LogP contribution in [0.3, 0.4) is 0 Å². The quantitative estimate of drug-likeness (QED) is 0.291. The van der Waals surface area contributed by atoms with Crippen LogP contribution in [0.2, 0.25) is 0 Å². The minimum atomic E-state index is 0. The molecule has 0 amide bonds. The summed E-state index contributed by atoms with van der Waals surface area (Å²) in [5, 5.41) is 0. The van der Waals surface area contributed by atoms with Crippen LogP contribution in [0.25, 0.3) is 0 Å². The average Bonchev–Trinajstić information content (AvgIpc) is 0. The van der Waals surface area contributed by atoms with Crippen molar-refractivity contribution >= 4 is 23.9 Å². The van der Waals surface area contributed by atoms with Gasteiger partial charge >= 0.3 is 0 Å². The summed E-state index contributed by atoms with van der Waals surface area (Å²) in [5.74, 6) is 0. The third-order valence-corrected chi connectivity index (χ3v) is 0. The first-order chi connectivity index (χ1) is 0. The average molecular weight is 1100 g/mol. The second kappa shape index (κ2) is 33.9. The van der Waals surface area contributed by atoms with Crippen molar-refractivity contribution < 1.29 is 112 Å². The van der Waals surface area contributed by atoms with E-state index in [0.717, 1.165) is 0 Å². The summed E-state index contributed by atoms with van der Waals surface area (Å²) in [5.41, 5.74) is 0. The van der Waals surface area contributed by atoms with E-state index in [1.165, 1.54) is 0 Å². The zero-order valence-electron chi connectivity index (χ0n) is 2.01. The van der Waals surface area contributed by atoms with E-state index in [2.05, 4.69) is 0 Å². The number of rotatable bonds is 0. The van der Waals surface area contributed by atoms with E-state index < -0.39 is 0 Å². The monoisotopic (exact) mass is 1100 g/mol. The van der Waals surface area contributed by atoms with Crippen LogP contribution in [-0.4, -0.2) is 23.9 Å².